The number of ether oxygens (including phenoxy) is 2. The van der Waals surface area contributed by atoms with E-state index in [2.05, 4.69) is 5.10 Å². The number of allylic oxidation sites excluding steroid dienone is 3. The minimum Gasteiger partial charge on any atom is -0.493 e. The van der Waals surface area contributed by atoms with Gasteiger partial charge in [0.2, 0.25) is 5.91 Å². The molecule has 1 aromatic rings. The maximum Gasteiger partial charge on any atom is 0.247 e. The molecule has 134 valence electrons. The van der Waals surface area contributed by atoms with Crippen molar-refractivity contribution in [1.29, 1.82) is 10.8 Å². The van der Waals surface area contributed by atoms with Crippen LogP contribution < -0.4 is 9.47 Å². The van der Waals surface area contributed by atoms with Crippen molar-refractivity contribution in [2.45, 2.75) is 12.8 Å². The number of nitrogens with one attached hydrogen (secondary N) is 2. The van der Waals surface area contributed by atoms with Gasteiger partial charge in [0.15, 0.2) is 11.5 Å². The zero-order valence-corrected chi connectivity index (χ0v) is 14.7. The third-order valence-corrected chi connectivity index (χ3v) is 4.25. The first-order valence-electron chi connectivity index (χ1n) is 8.18. The molecule has 1 heterocycles. The van der Waals surface area contributed by atoms with Crippen LogP contribution in [-0.2, 0) is 4.79 Å². The Morgan fingerprint density at radius 3 is 2.62 bits per heavy atom. The van der Waals surface area contributed by atoms with Gasteiger partial charge in [-0.25, -0.2) is 5.01 Å². The quantitative estimate of drug-likeness (QED) is 0.797. The molecule has 0 saturated carbocycles. The molecule has 7 heteroatoms. The van der Waals surface area contributed by atoms with Crippen molar-refractivity contribution in [3.05, 3.63) is 47.6 Å². The van der Waals surface area contributed by atoms with Crippen LogP contribution in [0.15, 0.2) is 47.1 Å². The Morgan fingerprint density at radius 2 is 1.92 bits per heavy atom. The minimum atomic E-state index is -0.127. The van der Waals surface area contributed by atoms with Gasteiger partial charge in [-0.05, 0) is 35.9 Å². The van der Waals surface area contributed by atoms with E-state index >= 15 is 0 Å². The molecule has 0 bridgehead atoms. The minimum absolute atomic E-state index is 0.117. The topological polar surface area (TPSA) is 98.8 Å². The molecule has 26 heavy (non-hydrogen) atoms. The van der Waals surface area contributed by atoms with Gasteiger partial charge in [-0.15, -0.1) is 0 Å². The van der Waals surface area contributed by atoms with E-state index in [0.29, 0.717) is 30.0 Å². The standard InChI is InChI=1S/C19H20N4O3/c1-25-17-6-4-13(11-18(17)26-2)16-7-8-23(22-16)19(24)10-12-3-5-14(20)15(21)9-12/h3-6,9,11,20-21H,7-8,10H2,1-2H3. The molecule has 0 aromatic heterocycles. The third-order valence-electron chi connectivity index (χ3n) is 4.25. The van der Waals surface area contributed by atoms with Crippen LogP contribution in [0.1, 0.15) is 18.4 Å². The van der Waals surface area contributed by atoms with E-state index in [1.807, 2.05) is 18.2 Å². The summed E-state index contributed by atoms with van der Waals surface area (Å²) in [6, 6.07) is 5.57. The van der Waals surface area contributed by atoms with Crippen molar-refractivity contribution >= 4 is 23.0 Å². The molecule has 0 fully saturated rings. The number of hydrogen-bond donors (Lipinski definition) is 2. The molecule has 7 nitrogen and oxygen atoms in total. The van der Waals surface area contributed by atoms with Crippen molar-refractivity contribution < 1.29 is 14.3 Å². The maximum atomic E-state index is 12.5. The predicted molar refractivity (Wildman–Crippen MR) is 99.7 cm³/mol. The second-order valence-corrected chi connectivity index (χ2v) is 5.94. The summed E-state index contributed by atoms with van der Waals surface area (Å²) >= 11 is 0. The molecule has 0 spiro atoms. The zero-order valence-electron chi connectivity index (χ0n) is 14.7. The first-order chi connectivity index (χ1) is 12.5. The fraction of sp³-hybridized carbons (Fsp3) is 0.263. The van der Waals surface area contributed by atoms with Crippen LogP contribution in [0, 0.1) is 10.8 Å². The monoisotopic (exact) mass is 352 g/mol. The number of carbonyl (C=O) groups excluding carboxylic acids is 1. The van der Waals surface area contributed by atoms with E-state index in [-0.39, 0.29) is 23.8 Å². The molecule has 1 amide bonds. The highest BCUT2D eigenvalue weighted by atomic mass is 16.5. The molecule has 3 rings (SSSR count). The van der Waals surface area contributed by atoms with Gasteiger partial charge in [0.25, 0.3) is 0 Å². The summed E-state index contributed by atoms with van der Waals surface area (Å²) in [6.45, 7) is 0.521. The average Bonchev–Trinajstić information content (AvgIpc) is 3.14. The Kier molecular flexibility index (Phi) is 4.97. The number of amides is 1. The summed E-state index contributed by atoms with van der Waals surface area (Å²) in [4.78, 5) is 12.5. The van der Waals surface area contributed by atoms with Crippen molar-refractivity contribution in [2.24, 2.45) is 5.10 Å². The molecule has 1 aliphatic carbocycles. The van der Waals surface area contributed by atoms with Crippen LogP contribution in [0.2, 0.25) is 0 Å². The number of benzene rings is 1. The Hall–Kier alpha value is -3.22. The summed E-state index contributed by atoms with van der Waals surface area (Å²) < 4.78 is 10.6. The first-order valence-corrected chi connectivity index (χ1v) is 8.18. The number of carbonyl (C=O) groups is 1. The highest BCUT2D eigenvalue weighted by Crippen LogP contribution is 2.29. The van der Waals surface area contributed by atoms with Gasteiger partial charge in [0.05, 0.1) is 44.3 Å². The molecular formula is C19H20N4O3. The summed E-state index contributed by atoms with van der Waals surface area (Å²) in [5.74, 6) is 1.14. The van der Waals surface area contributed by atoms with Gasteiger partial charge in [-0.1, -0.05) is 6.08 Å². The van der Waals surface area contributed by atoms with Crippen molar-refractivity contribution in [3.63, 3.8) is 0 Å². The van der Waals surface area contributed by atoms with E-state index in [1.54, 1.807) is 26.4 Å². The smallest absolute Gasteiger partial charge is 0.247 e. The molecule has 2 N–H and O–H groups in total. The summed E-state index contributed by atoms with van der Waals surface area (Å²) in [6.07, 6.45) is 5.61. The Morgan fingerprint density at radius 1 is 1.15 bits per heavy atom. The third kappa shape index (κ3) is 3.56. The summed E-state index contributed by atoms with van der Waals surface area (Å²) in [5, 5.41) is 21.1. The van der Waals surface area contributed by atoms with Crippen molar-refractivity contribution in [2.75, 3.05) is 20.8 Å². The van der Waals surface area contributed by atoms with E-state index in [4.69, 9.17) is 20.3 Å². The van der Waals surface area contributed by atoms with Crippen LogP contribution in [0.5, 0.6) is 11.5 Å². The van der Waals surface area contributed by atoms with E-state index in [1.165, 1.54) is 11.1 Å². The molecular weight excluding hydrogens is 332 g/mol. The average molecular weight is 352 g/mol. The van der Waals surface area contributed by atoms with Gasteiger partial charge >= 0.3 is 0 Å². The summed E-state index contributed by atoms with van der Waals surface area (Å²) in [5.41, 5.74) is 2.69. The Labute approximate surface area is 151 Å². The highest BCUT2D eigenvalue weighted by molar-refractivity contribution is 6.49. The second kappa shape index (κ2) is 7.35. The fourth-order valence-corrected chi connectivity index (χ4v) is 2.82. The highest BCUT2D eigenvalue weighted by Gasteiger charge is 2.23. The normalized spacial score (nSPS) is 16.5. The van der Waals surface area contributed by atoms with E-state index < -0.39 is 0 Å². The molecule has 0 radical (unpaired) electrons. The predicted octanol–water partition coefficient (Wildman–Crippen LogP) is 2.57. The first kappa shape index (κ1) is 17.6. The molecule has 1 aromatic carbocycles. The van der Waals surface area contributed by atoms with Gasteiger partial charge < -0.3 is 9.47 Å². The molecule has 0 unspecified atom stereocenters. The van der Waals surface area contributed by atoms with Crippen LogP contribution in [-0.4, -0.2) is 48.8 Å². The number of methoxy groups -OCH3 is 2. The van der Waals surface area contributed by atoms with Crippen molar-refractivity contribution in [1.82, 2.24) is 5.01 Å². The zero-order chi connectivity index (χ0) is 18.7. The number of nitrogens with zero attached hydrogens (tertiary/aromatic N) is 2. The van der Waals surface area contributed by atoms with Crippen LogP contribution in [0.4, 0.5) is 0 Å². The van der Waals surface area contributed by atoms with Gasteiger partial charge in [0.1, 0.15) is 0 Å². The molecule has 2 aliphatic rings. The lowest BCUT2D eigenvalue weighted by atomic mass is 10.0. The number of hydrazone groups is 1. The number of hydrogen-bond acceptors (Lipinski definition) is 6. The fourth-order valence-electron chi connectivity index (χ4n) is 2.82. The van der Waals surface area contributed by atoms with Gasteiger partial charge in [0, 0.05) is 12.0 Å². The lowest BCUT2D eigenvalue weighted by Gasteiger charge is -2.13. The second-order valence-electron chi connectivity index (χ2n) is 5.94. The summed E-state index contributed by atoms with van der Waals surface area (Å²) in [7, 11) is 3.16. The molecule has 1 aliphatic heterocycles. The van der Waals surface area contributed by atoms with Crippen LogP contribution in [0.25, 0.3) is 0 Å². The number of rotatable bonds is 5. The lowest BCUT2D eigenvalue weighted by molar-refractivity contribution is -0.129. The van der Waals surface area contributed by atoms with E-state index in [0.717, 1.165) is 11.3 Å². The largest absolute Gasteiger partial charge is 0.493 e. The Bertz CT molecular complexity index is 868. The van der Waals surface area contributed by atoms with Gasteiger partial charge in [-0.2, -0.15) is 5.10 Å². The molecule has 0 saturated heterocycles. The maximum absolute atomic E-state index is 12.5. The van der Waals surface area contributed by atoms with Crippen LogP contribution in [0.3, 0.4) is 0 Å². The SMILES string of the molecule is COc1ccc(C2=NN(C(=O)CC3=CC(=N)C(=N)C=C3)CC2)cc1OC. The van der Waals surface area contributed by atoms with Crippen molar-refractivity contribution in [3.8, 4) is 11.5 Å². The molecule has 0 atom stereocenters. The van der Waals surface area contributed by atoms with Crippen LogP contribution >= 0.6 is 0 Å². The lowest BCUT2D eigenvalue weighted by Crippen LogP contribution is -2.24. The van der Waals surface area contributed by atoms with E-state index in [9.17, 15) is 4.79 Å². The Balaban J connectivity index is 1.72. The van der Waals surface area contributed by atoms with Gasteiger partial charge in [-0.3, -0.25) is 15.6 Å².